The number of nitrogens with two attached hydrogens (primary N) is 1. The van der Waals surface area contributed by atoms with Gasteiger partial charge in [0.05, 0.1) is 5.02 Å². The summed E-state index contributed by atoms with van der Waals surface area (Å²) in [6.45, 7) is 1.94. The monoisotopic (exact) mass is 311 g/mol. The van der Waals surface area contributed by atoms with Crippen molar-refractivity contribution in [2.24, 2.45) is 5.73 Å². The average molecular weight is 312 g/mol. The van der Waals surface area contributed by atoms with Crippen LogP contribution in [0.2, 0.25) is 5.02 Å². The van der Waals surface area contributed by atoms with E-state index in [1.807, 2.05) is 6.92 Å². The van der Waals surface area contributed by atoms with Gasteiger partial charge in [-0.3, -0.25) is 0 Å². The van der Waals surface area contributed by atoms with Gasteiger partial charge in [-0.05, 0) is 37.1 Å². The Hall–Kier alpha value is -1.65. The lowest BCUT2D eigenvalue weighted by atomic mass is 10.0. The third kappa shape index (κ3) is 3.93. The number of hydrogen-bond donors (Lipinski definition) is 1. The molecular weight excluding hydrogens is 296 g/mol. The van der Waals surface area contributed by atoms with Crippen LogP contribution in [-0.2, 0) is 6.42 Å². The number of halogens is 3. The molecule has 21 heavy (non-hydrogen) atoms. The zero-order valence-electron chi connectivity index (χ0n) is 11.6. The topological polar surface area (TPSA) is 35.2 Å². The SMILES string of the molecule is CCC(N)Cc1c(F)cccc1Oc1ccc(F)c(Cl)c1. The van der Waals surface area contributed by atoms with E-state index in [2.05, 4.69) is 0 Å². The van der Waals surface area contributed by atoms with E-state index in [1.54, 1.807) is 12.1 Å². The van der Waals surface area contributed by atoms with E-state index in [0.29, 0.717) is 23.5 Å². The predicted molar refractivity (Wildman–Crippen MR) is 79.9 cm³/mol. The molecule has 2 aromatic carbocycles. The lowest BCUT2D eigenvalue weighted by Crippen LogP contribution is -2.22. The number of benzene rings is 2. The molecule has 1 unspecified atom stereocenters. The van der Waals surface area contributed by atoms with Crippen LogP contribution in [0.5, 0.6) is 11.5 Å². The molecule has 0 aliphatic heterocycles. The fourth-order valence-electron chi connectivity index (χ4n) is 1.91. The van der Waals surface area contributed by atoms with Crippen molar-refractivity contribution in [1.82, 2.24) is 0 Å². The number of ether oxygens (including phenoxy) is 1. The summed E-state index contributed by atoms with van der Waals surface area (Å²) in [6.07, 6.45) is 1.10. The van der Waals surface area contributed by atoms with Crippen LogP contribution in [-0.4, -0.2) is 6.04 Å². The summed E-state index contributed by atoms with van der Waals surface area (Å²) in [6, 6.07) is 8.41. The second kappa shape index (κ2) is 6.87. The van der Waals surface area contributed by atoms with Crippen LogP contribution in [0.25, 0.3) is 0 Å². The van der Waals surface area contributed by atoms with E-state index in [4.69, 9.17) is 22.1 Å². The van der Waals surface area contributed by atoms with Gasteiger partial charge >= 0.3 is 0 Å². The molecule has 2 N–H and O–H groups in total. The highest BCUT2D eigenvalue weighted by Gasteiger charge is 2.14. The van der Waals surface area contributed by atoms with E-state index >= 15 is 0 Å². The van der Waals surface area contributed by atoms with Crippen LogP contribution >= 0.6 is 11.6 Å². The summed E-state index contributed by atoms with van der Waals surface area (Å²) >= 11 is 5.71. The Morgan fingerprint density at radius 1 is 1.19 bits per heavy atom. The first-order valence-corrected chi connectivity index (χ1v) is 7.05. The van der Waals surface area contributed by atoms with Crippen molar-refractivity contribution in [3.05, 3.63) is 58.6 Å². The van der Waals surface area contributed by atoms with Crippen molar-refractivity contribution < 1.29 is 13.5 Å². The van der Waals surface area contributed by atoms with E-state index < -0.39 is 5.82 Å². The maximum Gasteiger partial charge on any atom is 0.142 e. The molecule has 2 rings (SSSR count). The average Bonchev–Trinajstić information content (AvgIpc) is 2.46. The summed E-state index contributed by atoms with van der Waals surface area (Å²) in [4.78, 5) is 0. The normalized spacial score (nSPS) is 12.2. The van der Waals surface area contributed by atoms with Crippen molar-refractivity contribution in [2.45, 2.75) is 25.8 Å². The minimum atomic E-state index is -0.531. The van der Waals surface area contributed by atoms with Crippen molar-refractivity contribution in [2.75, 3.05) is 0 Å². The zero-order valence-corrected chi connectivity index (χ0v) is 12.3. The molecule has 0 aromatic heterocycles. The lowest BCUT2D eigenvalue weighted by molar-refractivity contribution is 0.459. The standard InChI is InChI=1S/C16H16ClF2NO/c1-2-10(20)8-12-14(18)4-3-5-16(12)21-11-6-7-15(19)13(17)9-11/h3-7,9-10H,2,8,20H2,1H3. The summed E-state index contributed by atoms with van der Waals surface area (Å²) in [5.41, 5.74) is 6.30. The first-order valence-electron chi connectivity index (χ1n) is 6.67. The van der Waals surface area contributed by atoms with Crippen LogP contribution in [0.3, 0.4) is 0 Å². The molecule has 0 saturated carbocycles. The minimum Gasteiger partial charge on any atom is -0.457 e. The molecule has 0 saturated heterocycles. The molecule has 0 heterocycles. The maximum atomic E-state index is 14.0. The van der Waals surface area contributed by atoms with Crippen LogP contribution < -0.4 is 10.5 Å². The molecule has 0 aliphatic carbocycles. The second-order valence-corrected chi connectivity index (χ2v) is 5.17. The number of hydrogen-bond acceptors (Lipinski definition) is 2. The molecule has 0 aliphatic rings. The molecule has 5 heteroatoms. The third-order valence-electron chi connectivity index (χ3n) is 3.19. The molecule has 112 valence electrons. The van der Waals surface area contributed by atoms with E-state index in [0.717, 1.165) is 6.42 Å². The highest BCUT2D eigenvalue weighted by Crippen LogP contribution is 2.30. The van der Waals surface area contributed by atoms with Gasteiger partial charge in [0.1, 0.15) is 23.1 Å². The van der Waals surface area contributed by atoms with Gasteiger partial charge in [-0.2, -0.15) is 0 Å². The molecule has 0 bridgehead atoms. The largest absolute Gasteiger partial charge is 0.457 e. The van der Waals surface area contributed by atoms with Crippen molar-refractivity contribution in [1.29, 1.82) is 0 Å². The third-order valence-corrected chi connectivity index (χ3v) is 3.48. The summed E-state index contributed by atoms with van der Waals surface area (Å²) in [5.74, 6) is -0.194. The smallest absolute Gasteiger partial charge is 0.142 e. The van der Waals surface area contributed by atoms with E-state index in [-0.39, 0.29) is 16.9 Å². The summed E-state index contributed by atoms with van der Waals surface area (Å²) in [5, 5.41) is -0.0456. The molecule has 2 nitrogen and oxygen atoms in total. The van der Waals surface area contributed by atoms with Gasteiger partial charge in [0.25, 0.3) is 0 Å². The maximum absolute atomic E-state index is 14.0. The molecule has 0 spiro atoms. The Labute approximate surface area is 127 Å². The zero-order chi connectivity index (χ0) is 15.4. The van der Waals surface area contributed by atoms with Crippen molar-refractivity contribution >= 4 is 11.6 Å². The van der Waals surface area contributed by atoms with Gasteiger partial charge in [-0.1, -0.05) is 24.6 Å². The van der Waals surface area contributed by atoms with Gasteiger partial charge in [-0.25, -0.2) is 8.78 Å². The van der Waals surface area contributed by atoms with Crippen LogP contribution in [0, 0.1) is 11.6 Å². The molecule has 2 aromatic rings. The fraction of sp³-hybridized carbons (Fsp3) is 0.250. The quantitative estimate of drug-likeness (QED) is 0.869. The van der Waals surface area contributed by atoms with Gasteiger partial charge < -0.3 is 10.5 Å². The highest BCUT2D eigenvalue weighted by molar-refractivity contribution is 6.30. The molecule has 0 amide bonds. The van der Waals surface area contributed by atoms with Gasteiger partial charge in [0.2, 0.25) is 0 Å². The van der Waals surface area contributed by atoms with Gasteiger partial charge in [0.15, 0.2) is 0 Å². The summed E-state index contributed by atoms with van der Waals surface area (Å²) < 4.78 is 32.7. The number of rotatable bonds is 5. The molecular formula is C16H16ClF2NO. The van der Waals surface area contributed by atoms with Crippen LogP contribution in [0.1, 0.15) is 18.9 Å². The van der Waals surface area contributed by atoms with E-state index in [9.17, 15) is 8.78 Å². The van der Waals surface area contributed by atoms with Crippen molar-refractivity contribution in [3.8, 4) is 11.5 Å². The van der Waals surface area contributed by atoms with Gasteiger partial charge in [0, 0.05) is 17.7 Å². The van der Waals surface area contributed by atoms with Gasteiger partial charge in [-0.15, -0.1) is 0 Å². The second-order valence-electron chi connectivity index (χ2n) is 4.77. The summed E-state index contributed by atoms with van der Waals surface area (Å²) in [7, 11) is 0. The highest BCUT2D eigenvalue weighted by atomic mass is 35.5. The first kappa shape index (κ1) is 15.7. The van der Waals surface area contributed by atoms with Crippen LogP contribution in [0.4, 0.5) is 8.78 Å². The van der Waals surface area contributed by atoms with Crippen molar-refractivity contribution in [3.63, 3.8) is 0 Å². The Bertz CT molecular complexity index is 634. The van der Waals surface area contributed by atoms with Crippen LogP contribution in [0.15, 0.2) is 36.4 Å². The first-order chi connectivity index (χ1) is 10.0. The minimum absolute atomic E-state index is 0.0456. The Balaban J connectivity index is 2.30. The molecule has 0 radical (unpaired) electrons. The lowest BCUT2D eigenvalue weighted by Gasteiger charge is -2.15. The Morgan fingerprint density at radius 2 is 1.95 bits per heavy atom. The van der Waals surface area contributed by atoms with E-state index in [1.165, 1.54) is 24.3 Å². The molecule has 1 atom stereocenters. The predicted octanol–water partition coefficient (Wildman–Crippen LogP) is 4.69. The Morgan fingerprint density at radius 3 is 2.62 bits per heavy atom. The fourth-order valence-corrected chi connectivity index (χ4v) is 2.08. The Kier molecular flexibility index (Phi) is 5.15. The molecule has 0 fully saturated rings.